The predicted octanol–water partition coefficient (Wildman–Crippen LogP) is -1.13. The predicted molar refractivity (Wildman–Crippen MR) is 161 cm³/mol. The number of aliphatic hydroxyl groups excluding tert-OH is 1. The van der Waals surface area contributed by atoms with Crippen molar-refractivity contribution < 1.29 is 29.4 Å². The first-order valence-corrected chi connectivity index (χ1v) is 13.7. The molecule has 4 atom stereocenters. The number of carbonyl (C=O) groups excluding carboxylic acids is 3. The van der Waals surface area contributed by atoms with Gasteiger partial charge < -0.3 is 48.3 Å². The number of carboxylic acids is 1. The second-order valence-electron chi connectivity index (χ2n) is 10.0. The van der Waals surface area contributed by atoms with Gasteiger partial charge in [-0.25, -0.2) is 4.79 Å². The number of H-pyrrole nitrogens is 1. The number of nitrogens with one attached hydrogen (secondary N) is 4. The Morgan fingerprint density at radius 3 is 2.14 bits per heavy atom. The largest absolute Gasteiger partial charge is 0.480 e. The summed E-state index contributed by atoms with van der Waals surface area (Å²) in [7, 11) is 0. The summed E-state index contributed by atoms with van der Waals surface area (Å²) < 4.78 is 0. The molecule has 1 aromatic heterocycles. The fourth-order valence-electron chi connectivity index (χ4n) is 4.45. The van der Waals surface area contributed by atoms with Crippen LogP contribution in [0, 0.1) is 0 Å². The molecule has 3 aromatic rings. The summed E-state index contributed by atoms with van der Waals surface area (Å²) in [5, 5.41) is 28.0. The van der Waals surface area contributed by atoms with Crippen LogP contribution in [0.3, 0.4) is 0 Å². The van der Waals surface area contributed by atoms with Gasteiger partial charge in [-0.15, -0.1) is 0 Å². The smallest absolute Gasteiger partial charge is 0.326 e. The van der Waals surface area contributed by atoms with E-state index >= 15 is 0 Å². The molecule has 0 bridgehead atoms. The quantitative estimate of drug-likeness (QED) is 0.0551. The minimum Gasteiger partial charge on any atom is -0.480 e. The zero-order valence-electron chi connectivity index (χ0n) is 23.5. The van der Waals surface area contributed by atoms with Crippen molar-refractivity contribution in [1.29, 1.82) is 0 Å². The first-order valence-electron chi connectivity index (χ1n) is 13.7. The summed E-state index contributed by atoms with van der Waals surface area (Å²) in [5.41, 5.74) is 18.8. The molecule has 1 heterocycles. The summed E-state index contributed by atoms with van der Waals surface area (Å²) in [6.07, 6.45) is 2.37. The maximum Gasteiger partial charge on any atom is 0.326 e. The fraction of sp³-hybridized carbons (Fsp3) is 0.345. The Balaban J connectivity index is 1.68. The van der Waals surface area contributed by atoms with Crippen LogP contribution in [-0.4, -0.2) is 82.2 Å². The van der Waals surface area contributed by atoms with Gasteiger partial charge >= 0.3 is 5.97 Å². The van der Waals surface area contributed by atoms with E-state index in [9.17, 15) is 29.4 Å². The second-order valence-corrected chi connectivity index (χ2v) is 10.0. The van der Waals surface area contributed by atoms with Gasteiger partial charge in [0.05, 0.1) is 12.6 Å². The molecule has 0 spiro atoms. The van der Waals surface area contributed by atoms with Crippen LogP contribution in [0.25, 0.3) is 10.9 Å². The van der Waals surface area contributed by atoms with Gasteiger partial charge in [-0.2, -0.15) is 0 Å². The van der Waals surface area contributed by atoms with Crippen LogP contribution in [0.4, 0.5) is 0 Å². The number of hydrogen-bond acceptors (Lipinski definition) is 7. The standard InChI is InChI=1S/C29H38N8O6/c30-20(10-6-12-33-29(31)32)25(39)35-22(13-17-7-2-1-3-8-17)26(40)37-24(16-38)27(41)36-23(28(42)43)14-18-15-34-21-11-5-4-9-19(18)21/h1-5,7-9,11,15,20,22-24,34,38H,6,10,12-14,16,30H2,(H,35,39)(H,36,41)(H,37,40)(H,42,43)(H4,31,32,33). The number of aromatic nitrogens is 1. The first kappa shape index (κ1) is 32.6. The minimum absolute atomic E-state index is 0.0368. The van der Waals surface area contributed by atoms with Gasteiger partial charge in [-0.1, -0.05) is 48.5 Å². The van der Waals surface area contributed by atoms with E-state index in [1.165, 1.54) is 0 Å². The van der Waals surface area contributed by atoms with E-state index in [2.05, 4.69) is 25.9 Å². The summed E-state index contributed by atoms with van der Waals surface area (Å²) in [5.74, 6) is -3.63. The Labute approximate surface area is 248 Å². The molecule has 43 heavy (non-hydrogen) atoms. The molecule has 0 fully saturated rings. The van der Waals surface area contributed by atoms with Crippen molar-refractivity contribution in [1.82, 2.24) is 20.9 Å². The highest BCUT2D eigenvalue weighted by Gasteiger charge is 2.30. The number of hydrogen-bond donors (Lipinski definition) is 9. The van der Waals surface area contributed by atoms with Gasteiger partial charge in [0.25, 0.3) is 0 Å². The molecule has 3 rings (SSSR count). The minimum atomic E-state index is -1.49. The molecule has 2 aromatic carbocycles. The maximum absolute atomic E-state index is 13.3. The number of nitrogens with two attached hydrogens (primary N) is 3. The Bertz CT molecular complexity index is 1420. The van der Waals surface area contributed by atoms with Crippen LogP contribution in [0.5, 0.6) is 0 Å². The number of carbonyl (C=O) groups is 4. The molecule has 12 N–H and O–H groups in total. The molecule has 0 saturated carbocycles. The van der Waals surface area contributed by atoms with Gasteiger partial charge in [-0.3, -0.25) is 19.4 Å². The van der Waals surface area contributed by atoms with E-state index in [-0.39, 0.29) is 31.8 Å². The normalized spacial score (nSPS) is 13.7. The first-order chi connectivity index (χ1) is 20.6. The van der Waals surface area contributed by atoms with Crippen LogP contribution < -0.4 is 33.2 Å². The average Bonchev–Trinajstić information content (AvgIpc) is 3.40. The number of aliphatic hydroxyl groups is 1. The van der Waals surface area contributed by atoms with Crippen molar-refractivity contribution in [3.05, 3.63) is 71.9 Å². The number of aromatic amines is 1. The number of aliphatic imine (C=N–C) groups is 1. The Morgan fingerprint density at radius 1 is 0.837 bits per heavy atom. The zero-order chi connectivity index (χ0) is 31.4. The Kier molecular flexibility index (Phi) is 12.0. The number of para-hydroxylation sites is 1. The van der Waals surface area contributed by atoms with Crippen LogP contribution in [0.2, 0.25) is 0 Å². The Morgan fingerprint density at radius 2 is 1.47 bits per heavy atom. The Hall–Kier alpha value is -4.95. The van der Waals surface area contributed by atoms with Crippen molar-refractivity contribution in [2.45, 2.75) is 49.9 Å². The van der Waals surface area contributed by atoms with E-state index in [0.717, 1.165) is 16.5 Å². The third kappa shape index (κ3) is 9.83. The lowest BCUT2D eigenvalue weighted by atomic mass is 10.0. The van der Waals surface area contributed by atoms with E-state index in [4.69, 9.17) is 17.2 Å². The maximum atomic E-state index is 13.3. The van der Waals surface area contributed by atoms with Crippen molar-refractivity contribution in [2.24, 2.45) is 22.2 Å². The summed E-state index contributed by atoms with van der Waals surface area (Å²) in [4.78, 5) is 58.1. The lowest BCUT2D eigenvalue weighted by Crippen LogP contribution is -2.58. The number of nitrogens with zero attached hydrogens (tertiary/aromatic N) is 1. The highest BCUT2D eigenvalue weighted by Crippen LogP contribution is 2.19. The number of rotatable bonds is 16. The highest BCUT2D eigenvalue weighted by molar-refractivity contribution is 5.94. The van der Waals surface area contributed by atoms with E-state index in [1.54, 1.807) is 36.5 Å². The molecule has 0 saturated heterocycles. The zero-order valence-corrected chi connectivity index (χ0v) is 23.5. The molecule has 14 heteroatoms. The second kappa shape index (κ2) is 15.9. The van der Waals surface area contributed by atoms with E-state index in [0.29, 0.717) is 12.0 Å². The topological polar surface area (TPSA) is 251 Å². The summed E-state index contributed by atoms with van der Waals surface area (Å²) in [6.45, 7) is -0.532. The van der Waals surface area contributed by atoms with Crippen molar-refractivity contribution >= 4 is 40.6 Å². The van der Waals surface area contributed by atoms with Crippen LogP contribution in [0.15, 0.2) is 65.8 Å². The lowest BCUT2D eigenvalue weighted by molar-refractivity contribution is -0.142. The summed E-state index contributed by atoms with van der Waals surface area (Å²) in [6, 6.07) is 11.3. The van der Waals surface area contributed by atoms with Crippen molar-refractivity contribution in [2.75, 3.05) is 13.2 Å². The fourth-order valence-corrected chi connectivity index (χ4v) is 4.45. The van der Waals surface area contributed by atoms with Crippen LogP contribution in [0.1, 0.15) is 24.0 Å². The number of guanidine groups is 1. The molecule has 0 radical (unpaired) electrons. The third-order valence-electron chi connectivity index (χ3n) is 6.75. The molecule has 0 aliphatic heterocycles. The van der Waals surface area contributed by atoms with Gasteiger partial charge in [0.2, 0.25) is 17.7 Å². The highest BCUT2D eigenvalue weighted by atomic mass is 16.4. The van der Waals surface area contributed by atoms with Crippen LogP contribution >= 0.6 is 0 Å². The van der Waals surface area contributed by atoms with Gasteiger partial charge in [-0.05, 0) is 30.0 Å². The van der Waals surface area contributed by atoms with Crippen molar-refractivity contribution in [3.63, 3.8) is 0 Å². The average molecular weight is 595 g/mol. The molecule has 0 aliphatic carbocycles. The van der Waals surface area contributed by atoms with Gasteiger partial charge in [0.15, 0.2) is 5.96 Å². The van der Waals surface area contributed by atoms with Crippen LogP contribution in [-0.2, 0) is 32.0 Å². The van der Waals surface area contributed by atoms with E-state index < -0.39 is 54.5 Å². The number of fused-ring (bicyclic) bond motifs is 1. The number of amides is 3. The molecule has 14 nitrogen and oxygen atoms in total. The van der Waals surface area contributed by atoms with Gasteiger partial charge in [0, 0.05) is 36.5 Å². The third-order valence-corrected chi connectivity index (χ3v) is 6.75. The van der Waals surface area contributed by atoms with Gasteiger partial charge in [0.1, 0.15) is 18.1 Å². The monoisotopic (exact) mass is 594 g/mol. The summed E-state index contributed by atoms with van der Waals surface area (Å²) >= 11 is 0. The number of aliphatic carboxylic acids is 1. The SMILES string of the molecule is NC(N)=NCCCC(N)C(=O)NC(Cc1ccccc1)C(=O)NC(CO)C(=O)NC(Cc1c[nH]c2ccccc12)C(=O)O. The molecule has 0 aliphatic rings. The molecule has 3 amide bonds. The molecular formula is C29H38N8O6. The van der Waals surface area contributed by atoms with Crippen molar-refractivity contribution in [3.8, 4) is 0 Å². The molecule has 230 valence electrons. The number of carboxylic acid groups (broad SMARTS) is 1. The number of benzene rings is 2. The molecular weight excluding hydrogens is 556 g/mol. The molecule has 4 unspecified atom stereocenters. The van der Waals surface area contributed by atoms with E-state index in [1.807, 2.05) is 24.3 Å². The lowest BCUT2D eigenvalue weighted by Gasteiger charge is -2.24.